The summed E-state index contributed by atoms with van der Waals surface area (Å²) in [6, 6.07) is 8.80. The number of rotatable bonds is 4. The number of piperidine rings is 1. The van der Waals surface area contributed by atoms with Crippen molar-refractivity contribution < 1.29 is 22.0 Å². The molecular weight excluding hydrogens is 420 g/mol. The number of nitrogens with zero attached hydrogens (tertiary/aromatic N) is 2. The van der Waals surface area contributed by atoms with E-state index >= 15 is 0 Å². The summed E-state index contributed by atoms with van der Waals surface area (Å²) in [6.07, 6.45) is 1.07. The molecule has 4 rings (SSSR count). The van der Waals surface area contributed by atoms with Crippen LogP contribution in [0.1, 0.15) is 12.8 Å². The van der Waals surface area contributed by atoms with Crippen molar-refractivity contribution in [2.45, 2.75) is 17.7 Å². The van der Waals surface area contributed by atoms with Crippen LogP contribution in [0.5, 0.6) is 0 Å². The molecule has 2 aromatic carbocycles. The van der Waals surface area contributed by atoms with E-state index in [1.807, 2.05) is 0 Å². The highest BCUT2D eigenvalue weighted by atomic mass is 32.2. The highest BCUT2D eigenvalue weighted by Crippen LogP contribution is 2.29. The largest absolute Gasteiger partial charge is 0.302 e. The smallest absolute Gasteiger partial charge is 0.243 e. The normalized spacial score (nSPS) is 18.1. The molecule has 0 radical (unpaired) electrons. The average molecular weight is 437 g/mol. The Balaban J connectivity index is 1.48. The Morgan fingerprint density at radius 1 is 1.14 bits per heavy atom. The van der Waals surface area contributed by atoms with E-state index in [0.717, 1.165) is 23.5 Å². The van der Waals surface area contributed by atoms with Crippen LogP contribution < -0.4 is 5.32 Å². The van der Waals surface area contributed by atoms with Crippen LogP contribution >= 0.6 is 11.3 Å². The van der Waals surface area contributed by atoms with E-state index in [2.05, 4.69) is 10.3 Å². The number of sulfonamides is 1. The van der Waals surface area contributed by atoms with Crippen molar-refractivity contribution in [3.8, 4) is 0 Å². The Morgan fingerprint density at radius 3 is 2.62 bits per heavy atom. The molecule has 29 heavy (non-hydrogen) atoms. The molecule has 1 amide bonds. The number of aromatic nitrogens is 1. The maximum Gasteiger partial charge on any atom is 0.243 e. The summed E-state index contributed by atoms with van der Waals surface area (Å²) in [6.45, 7) is 0.328. The van der Waals surface area contributed by atoms with Gasteiger partial charge in [-0.1, -0.05) is 11.3 Å². The van der Waals surface area contributed by atoms with E-state index in [-0.39, 0.29) is 23.2 Å². The van der Waals surface area contributed by atoms with Gasteiger partial charge >= 0.3 is 0 Å². The molecule has 2 heterocycles. The quantitative estimate of drug-likeness (QED) is 0.676. The number of hydrogen-bond acceptors (Lipinski definition) is 5. The number of nitrogens with one attached hydrogen (secondary N) is 1. The van der Waals surface area contributed by atoms with Crippen LogP contribution in [0, 0.1) is 17.6 Å². The van der Waals surface area contributed by atoms with Crippen molar-refractivity contribution in [2.24, 2.45) is 5.92 Å². The SMILES string of the molecule is O=C(Nc1nc2ccc(F)cc2s1)C1CCCN(S(=O)(=O)c2ccc(F)cc2)C1. The van der Waals surface area contributed by atoms with Crippen molar-refractivity contribution in [2.75, 3.05) is 18.4 Å². The van der Waals surface area contributed by atoms with E-state index in [4.69, 9.17) is 0 Å². The first-order chi connectivity index (χ1) is 13.8. The minimum atomic E-state index is -3.81. The first-order valence-corrected chi connectivity index (χ1v) is 11.2. The zero-order valence-electron chi connectivity index (χ0n) is 15.1. The molecule has 0 spiro atoms. The highest BCUT2D eigenvalue weighted by Gasteiger charge is 2.33. The summed E-state index contributed by atoms with van der Waals surface area (Å²) < 4.78 is 53.9. The fourth-order valence-corrected chi connectivity index (χ4v) is 5.71. The zero-order chi connectivity index (χ0) is 20.6. The van der Waals surface area contributed by atoms with Gasteiger partial charge in [0.25, 0.3) is 0 Å². The van der Waals surface area contributed by atoms with Gasteiger partial charge in [0.2, 0.25) is 15.9 Å². The molecule has 1 saturated heterocycles. The summed E-state index contributed by atoms with van der Waals surface area (Å²) in [5.41, 5.74) is 0.579. The molecule has 0 saturated carbocycles. The number of halogens is 2. The van der Waals surface area contributed by atoms with Gasteiger partial charge in [-0.25, -0.2) is 22.2 Å². The number of benzene rings is 2. The fourth-order valence-electron chi connectivity index (χ4n) is 3.29. The van der Waals surface area contributed by atoms with E-state index in [0.29, 0.717) is 34.7 Å². The summed E-state index contributed by atoms with van der Waals surface area (Å²) in [5, 5.41) is 3.06. The molecule has 1 N–H and O–H groups in total. The minimum absolute atomic E-state index is 0.00634. The van der Waals surface area contributed by atoms with Crippen molar-refractivity contribution in [3.63, 3.8) is 0 Å². The second-order valence-electron chi connectivity index (χ2n) is 6.78. The number of thiazole rings is 1. The van der Waals surface area contributed by atoms with Crippen molar-refractivity contribution in [1.29, 1.82) is 0 Å². The summed E-state index contributed by atoms with van der Waals surface area (Å²) in [7, 11) is -3.81. The van der Waals surface area contributed by atoms with Gasteiger partial charge in [-0.2, -0.15) is 4.31 Å². The molecule has 10 heteroatoms. The third kappa shape index (κ3) is 4.14. The summed E-state index contributed by atoms with van der Waals surface area (Å²) in [4.78, 5) is 16.9. The Hall–Kier alpha value is -2.43. The second-order valence-corrected chi connectivity index (χ2v) is 9.75. The lowest BCUT2D eigenvalue weighted by atomic mass is 9.99. The second kappa shape index (κ2) is 7.77. The lowest BCUT2D eigenvalue weighted by molar-refractivity contribution is -0.120. The molecule has 0 bridgehead atoms. The molecule has 1 aromatic heterocycles. The Labute approximate surface area is 170 Å². The molecule has 1 aliphatic heterocycles. The molecular formula is C19H17F2N3O3S2. The van der Waals surface area contributed by atoms with Crippen molar-refractivity contribution in [1.82, 2.24) is 9.29 Å². The zero-order valence-corrected chi connectivity index (χ0v) is 16.8. The third-order valence-electron chi connectivity index (χ3n) is 4.79. The van der Waals surface area contributed by atoms with Gasteiger partial charge in [-0.3, -0.25) is 4.79 Å². The van der Waals surface area contributed by atoms with Crippen LogP contribution in [-0.2, 0) is 14.8 Å². The lowest BCUT2D eigenvalue weighted by Gasteiger charge is -2.31. The average Bonchev–Trinajstić information content (AvgIpc) is 3.09. The fraction of sp³-hybridized carbons (Fsp3) is 0.263. The number of fused-ring (bicyclic) bond motifs is 1. The number of carbonyl (C=O) groups is 1. The number of amides is 1. The predicted molar refractivity (Wildman–Crippen MR) is 106 cm³/mol. The van der Waals surface area contributed by atoms with Gasteiger partial charge < -0.3 is 5.32 Å². The van der Waals surface area contributed by atoms with Crippen LogP contribution in [0.15, 0.2) is 47.4 Å². The monoisotopic (exact) mass is 437 g/mol. The van der Waals surface area contributed by atoms with Crippen LogP contribution in [0.25, 0.3) is 10.2 Å². The number of hydrogen-bond donors (Lipinski definition) is 1. The Morgan fingerprint density at radius 2 is 1.86 bits per heavy atom. The van der Waals surface area contributed by atoms with Gasteiger partial charge in [-0.15, -0.1) is 0 Å². The van der Waals surface area contributed by atoms with Gasteiger partial charge in [0.1, 0.15) is 11.6 Å². The van der Waals surface area contributed by atoms with Crippen LogP contribution in [0.4, 0.5) is 13.9 Å². The van der Waals surface area contributed by atoms with Crippen LogP contribution in [0.2, 0.25) is 0 Å². The first-order valence-electron chi connectivity index (χ1n) is 8.95. The molecule has 0 aliphatic carbocycles. The molecule has 1 fully saturated rings. The van der Waals surface area contributed by atoms with E-state index < -0.39 is 21.8 Å². The predicted octanol–water partition coefficient (Wildman–Crippen LogP) is 3.61. The lowest BCUT2D eigenvalue weighted by Crippen LogP contribution is -2.43. The van der Waals surface area contributed by atoms with Gasteiger partial charge in [0.15, 0.2) is 5.13 Å². The minimum Gasteiger partial charge on any atom is -0.302 e. The van der Waals surface area contributed by atoms with E-state index in [1.165, 1.54) is 34.6 Å². The maximum atomic E-state index is 13.3. The Kier molecular flexibility index (Phi) is 5.32. The van der Waals surface area contributed by atoms with Gasteiger partial charge in [0.05, 0.1) is 21.0 Å². The van der Waals surface area contributed by atoms with E-state index in [1.54, 1.807) is 0 Å². The highest BCUT2D eigenvalue weighted by molar-refractivity contribution is 7.89. The van der Waals surface area contributed by atoms with Crippen LogP contribution in [0.3, 0.4) is 0 Å². The van der Waals surface area contributed by atoms with Crippen molar-refractivity contribution >= 4 is 42.6 Å². The standard InChI is InChI=1S/C19H17F2N3O3S2/c20-13-3-6-15(7-4-13)29(26,27)24-9-1-2-12(11-24)18(25)23-19-22-16-8-5-14(21)10-17(16)28-19/h3-8,10,12H,1-2,9,11H2,(H,22,23,25). The maximum absolute atomic E-state index is 13.3. The third-order valence-corrected chi connectivity index (χ3v) is 7.60. The summed E-state index contributed by atoms with van der Waals surface area (Å²) >= 11 is 1.16. The van der Waals surface area contributed by atoms with E-state index in [9.17, 15) is 22.0 Å². The number of carbonyl (C=O) groups excluding carboxylic acids is 1. The van der Waals surface area contributed by atoms with Gasteiger partial charge in [0, 0.05) is 13.1 Å². The molecule has 3 aromatic rings. The van der Waals surface area contributed by atoms with Gasteiger partial charge in [-0.05, 0) is 55.3 Å². The number of anilines is 1. The Bertz CT molecular complexity index is 1160. The molecule has 1 unspecified atom stereocenters. The summed E-state index contributed by atoms with van der Waals surface area (Å²) in [5.74, 6) is -1.77. The topological polar surface area (TPSA) is 79.4 Å². The molecule has 1 aliphatic rings. The van der Waals surface area contributed by atoms with Crippen molar-refractivity contribution in [3.05, 3.63) is 54.1 Å². The molecule has 1 atom stereocenters. The first kappa shape index (κ1) is 19.9. The molecule has 6 nitrogen and oxygen atoms in total. The van der Waals surface area contributed by atoms with Crippen LogP contribution in [-0.4, -0.2) is 36.7 Å². The molecule has 152 valence electrons.